The summed E-state index contributed by atoms with van der Waals surface area (Å²) in [4.78, 5) is 4.82. The van der Waals surface area contributed by atoms with Crippen molar-refractivity contribution in [2.24, 2.45) is 10.8 Å². The maximum absolute atomic E-state index is 6.36. The molecule has 0 aromatic carbocycles. The van der Waals surface area contributed by atoms with Gasteiger partial charge in [-0.15, -0.1) is 0 Å². The van der Waals surface area contributed by atoms with E-state index in [9.17, 15) is 0 Å². The van der Waals surface area contributed by atoms with Gasteiger partial charge in [0.25, 0.3) is 0 Å². The molecule has 304 valence electrons. The third-order valence-corrected chi connectivity index (χ3v) is 14.0. The van der Waals surface area contributed by atoms with Crippen LogP contribution in [0.25, 0.3) is 0 Å². The van der Waals surface area contributed by atoms with Gasteiger partial charge in [0.2, 0.25) is 0 Å². The van der Waals surface area contributed by atoms with Crippen molar-refractivity contribution in [1.82, 2.24) is 40.0 Å². The molecule has 0 amide bonds. The fourth-order valence-corrected chi connectivity index (χ4v) is 11.4. The molecule has 10 heteroatoms. The van der Waals surface area contributed by atoms with E-state index in [1.54, 1.807) is 22.5 Å². The Labute approximate surface area is 327 Å². The molecule has 2 aromatic heterocycles. The zero-order valence-corrected chi connectivity index (χ0v) is 35.6. The van der Waals surface area contributed by atoms with Crippen molar-refractivity contribution < 1.29 is 9.47 Å². The van der Waals surface area contributed by atoms with E-state index in [-0.39, 0.29) is 11.2 Å². The van der Waals surface area contributed by atoms with Gasteiger partial charge in [-0.05, 0) is 141 Å². The molecule has 6 aliphatic rings. The number of rotatable bonds is 12. The van der Waals surface area contributed by atoms with Crippen molar-refractivity contribution >= 4 is 0 Å². The molecule has 8 rings (SSSR count). The van der Waals surface area contributed by atoms with Crippen LogP contribution >= 0.6 is 0 Å². The molecule has 0 atom stereocenters. The number of fused-ring (bicyclic) bond motifs is 2. The van der Waals surface area contributed by atoms with Crippen LogP contribution in [0.3, 0.4) is 0 Å². The monoisotopic (exact) mass is 749 g/mol. The predicted molar refractivity (Wildman–Crippen MR) is 218 cm³/mol. The first-order valence-electron chi connectivity index (χ1n) is 21.9. The van der Waals surface area contributed by atoms with Gasteiger partial charge in [-0.1, -0.05) is 27.7 Å². The van der Waals surface area contributed by atoms with Gasteiger partial charge in [-0.2, -0.15) is 10.2 Å². The van der Waals surface area contributed by atoms with E-state index in [0.717, 1.165) is 65.6 Å². The average Bonchev–Trinajstić information content (AvgIpc) is 3.98. The predicted octanol–water partition coefficient (Wildman–Crippen LogP) is 6.65. The van der Waals surface area contributed by atoms with Crippen LogP contribution in [-0.4, -0.2) is 108 Å². The van der Waals surface area contributed by atoms with E-state index in [2.05, 4.69) is 71.6 Å². The van der Waals surface area contributed by atoms with Crippen LogP contribution in [0.4, 0.5) is 0 Å². The number of aromatic nitrogens is 4. The summed E-state index contributed by atoms with van der Waals surface area (Å²) in [6.07, 6.45) is 17.4. The van der Waals surface area contributed by atoms with Crippen LogP contribution < -0.4 is 10.6 Å². The normalized spacial score (nSPS) is 29.7. The van der Waals surface area contributed by atoms with Crippen molar-refractivity contribution in [3.8, 4) is 0 Å². The van der Waals surface area contributed by atoms with Gasteiger partial charge in [0.15, 0.2) is 0 Å². The molecule has 0 bridgehead atoms. The number of nitrogens with one attached hydrogen (secondary N) is 2. The second-order valence-corrected chi connectivity index (χ2v) is 20.1. The molecular formula is C44H76N8O2. The van der Waals surface area contributed by atoms with Gasteiger partial charge >= 0.3 is 0 Å². The lowest BCUT2D eigenvalue weighted by Crippen LogP contribution is -2.34. The van der Waals surface area contributed by atoms with E-state index < -0.39 is 0 Å². The number of nitrogens with zero attached hydrogens (tertiary/aromatic N) is 6. The van der Waals surface area contributed by atoms with Gasteiger partial charge < -0.3 is 20.1 Å². The first-order chi connectivity index (χ1) is 25.8. The molecule has 2 aromatic rings. The van der Waals surface area contributed by atoms with Gasteiger partial charge in [-0.3, -0.25) is 19.2 Å². The number of aryl methyl sites for hydroxylation is 2. The van der Waals surface area contributed by atoms with Crippen LogP contribution in [0.5, 0.6) is 0 Å². The smallest absolute Gasteiger partial charge is 0.0802 e. The first kappa shape index (κ1) is 40.4. The standard InChI is InChI=1S/2C22H38N4O/c2*1-21(2)15-22(27-16-21)9-7-17(8-10-22)20-18(14-25(4)13-11-23-3)24-26-12-5-6-19(20)26/h2*17,23H,5-16H2,1-4H3. The van der Waals surface area contributed by atoms with Gasteiger partial charge in [0, 0.05) is 74.9 Å². The fraction of sp³-hybridized carbons (Fsp3) is 0.864. The molecular weight excluding hydrogens is 673 g/mol. The Kier molecular flexibility index (Phi) is 12.4. The number of hydrogen-bond acceptors (Lipinski definition) is 8. The summed E-state index contributed by atoms with van der Waals surface area (Å²) in [6, 6.07) is 0. The summed E-state index contributed by atoms with van der Waals surface area (Å²) < 4.78 is 17.3. The lowest BCUT2D eigenvalue weighted by Gasteiger charge is -2.37. The van der Waals surface area contributed by atoms with Crippen molar-refractivity contribution in [1.29, 1.82) is 0 Å². The molecule has 6 heterocycles. The minimum absolute atomic E-state index is 0.167. The highest BCUT2D eigenvalue weighted by atomic mass is 16.5. The Morgan fingerprint density at radius 1 is 0.648 bits per heavy atom. The Morgan fingerprint density at radius 2 is 1.04 bits per heavy atom. The lowest BCUT2D eigenvalue weighted by molar-refractivity contribution is -0.0296. The van der Waals surface area contributed by atoms with E-state index in [0.29, 0.717) is 22.7 Å². The molecule has 4 aliphatic heterocycles. The van der Waals surface area contributed by atoms with E-state index in [4.69, 9.17) is 19.7 Å². The summed E-state index contributed by atoms with van der Waals surface area (Å²) in [6.45, 7) is 19.6. The summed E-state index contributed by atoms with van der Waals surface area (Å²) in [5.41, 5.74) is 10.0. The van der Waals surface area contributed by atoms with Crippen LogP contribution in [0.15, 0.2) is 0 Å². The summed E-state index contributed by atoms with van der Waals surface area (Å²) >= 11 is 0. The van der Waals surface area contributed by atoms with Gasteiger partial charge in [0.1, 0.15) is 0 Å². The second kappa shape index (κ2) is 16.6. The van der Waals surface area contributed by atoms with Gasteiger partial charge in [-0.25, -0.2) is 0 Å². The third-order valence-electron chi connectivity index (χ3n) is 14.0. The van der Waals surface area contributed by atoms with Crippen LogP contribution in [0.2, 0.25) is 0 Å². The summed E-state index contributed by atoms with van der Waals surface area (Å²) in [7, 11) is 8.48. The molecule has 2 N–H and O–H groups in total. The molecule has 0 radical (unpaired) electrons. The lowest BCUT2D eigenvalue weighted by atomic mass is 9.71. The van der Waals surface area contributed by atoms with Crippen molar-refractivity contribution in [3.63, 3.8) is 0 Å². The highest BCUT2D eigenvalue weighted by molar-refractivity contribution is 5.34. The summed E-state index contributed by atoms with van der Waals surface area (Å²) in [5, 5.41) is 16.6. The molecule has 0 unspecified atom stereocenters. The van der Waals surface area contributed by atoms with Crippen molar-refractivity contribution in [2.45, 2.75) is 167 Å². The number of likely N-dealkylation sites (N-methyl/N-ethyl adjacent to an activating group) is 4. The summed E-state index contributed by atoms with van der Waals surface area (Å²) in [5.74, 6) is 1.36. The maximum atomic E-state index is 6.36. The number of ether oxygens (including phenoxy) is 2. The van der Waals surface area contributed by atoms with Crippen molar-refractivity contribution in [3.05, 3.63) is 33.9 Å². The Balaban J connectivity index is 0.000000167. The molecule has 2 saturated carbocycles. The second-order valence-electron chi connectivity index (χ2n) is 20.1. The molecule has 2 saturated heterocycles. The SMILES string of the molecule is CNCCN(C)Cc1nn2c(c1C1CCC3(CC1)CC(C)(C)CO3)CCC2.CNCCN(C)Cc1nn2c(c1C1CCC3(CC1)CC(C)(C)CO3)CCC2. The van der Waals surface area contributed by atoms with E-state index in [1.807, 2.05) is 14.1 Å². The van der Waals surface area contributed by atoms with Crippen molar-refractivity contribution in [2.75, 3.05) is 67.6 Å². The molecule has 2 spiro atoms. The quantitative estimate of drug-likeness (QED) is 0.250. The van der Waals surface area contributed by atoms with Crippen LogP contribution in [-0.2, 0) is 48.5 Å². The largest absolute Gasteiger partial charge is 0.374 e. The minimum Gasteiger partial charge on any atom is -0.374 e. The zero-order valence-electron chi connectivity index (χ0n) is 35.6. The zero-order chi connectivity index (χ0) is 38.1. The van der Waals surface area contributed by atoms with Crippen LogP contribution in [0, 0.1) is 10.8 Å². The first-order valence-corrected chi connectivity index (χ1v) is 21.9. The topological polar surface area (TPSA) is 84.6 Å². The Bertz CT molecular complexity index is 1430. The Hall–Kier alpha value is -1.82. The number of hydrogen-bond donors (Lipinski definition) is 2. The minimum atomic E-state index is 0.167. The van der Waals surface area contributed by atoms with E-state index >= 15 is 0 Å². The Morgan fingerprint density at radius 3 is 1.37 bits per heavy atom. The molecule has 2 aliphatic carbocycles. The highest BCUT2D eigenvalue weighted by Gasteiger charge is 2.48. The highest BCUT2D eigenvalue weighted by Crippen LogP contribution is 2.52. The van der Waals surface area contributed by atoms with E-state index in [1.165, 1.54) is 101 Å². The molecule has 54 heavy (non-hydrogen) atoms. The average molecular weight is 749 g/mol. The van der Waals surface area contributed by atoms with Crippen LogP contribution in [0.1, 0.15) is 150 Å². The third kappa shape index (κ3) is 8.99. The van der Waals surface area contributed by atoms with Gasteiger partial charge in [0.05, 0.1) is 35.8 Å². The maximum Gasteiger partial charge on any atom is 0.0802 e. The molecule has 4 fully saturated rings. The fourth-order valence-electron chi connectivity index (χ4n) is 11.4. The molecule has 10 nitrogen and oxygen atoms in total.